The van der Waals surface area contributed by atoms with Crippen molar-refractivity contribution in [2.24, 2.45) is 0 Å². The molecule has 3 N–H and O–H groups in total. The molecule has 0 radical (unpaired) electrons. The molecule has 84 valence electrons. The number of hydrogen-bond acceptors (Lipinski definition) is 1. The van der Waals surface area contributed by atoms with Crippen LogP contribution in [-0.4, -0.2) is 4.98 Å². The second kappa shape index (κ2) is 2.83. The molecule has 4 rings (SSSR count). The van der Waals surface area contributed by atoms with E-state index in [0.29, 0.717) is 0 Å². The van der Waals surface area contributed by atoms with Crippen LogP contribution in [-0.2, 0) is 12.8 Å². The minimum atomic E-state index is 0.860. The van der Waals surface area contributed by atoms with Crippen molar-refractivity contribution in [1.29, 1.82) is 0 Å². The Balaban J connectivity index is 2.33. The van der Waals surface area contributed by atoms with Gasteiger partial charge >= 0.3 is 0 Å². The van der Waals surface area contributed by atoms with Gasteiger partial charge in [0.25, 0.3) is 0 Å². The van der Waals surface area contributed by atoms with Crippen molar-refractivity contribution < 1.29 is 0 Å². The van der Waals surface area contributed by atoms with Crippen molar-refractivity contribution in [2.75, 3.05) is 5.73 Å². The van der Waals surface area contributed by atoms with E-state index in [4.69, 9.17) is 5.73 Å². The Morgan fingerprint density at radius 2 is 1.59 bits per heavy atom. The van der Waals surface area contributed by atoms with Gasteiger partial charge in [0, 0.05) is 27.5 Å². The molecule has 2 heteroatoms. The van der Waals surface area contributed by atoms with Crippen LogP contribution in [0.3, 0.4) is 0 Å². The van der Waals surface area contributed by atoms with Gasteiger partial charge in [-0.05, 0) is 54.7 Å². The van der Waals surface area contributed by atoms with Crippen molar-refractivity contribution in [1.82, 2.24) is 4.98 Å². The number of benzene rings is 2. The van der Waals surface area contributed by atoms with E-state index in [0.717, 1.165) is 18.5 Å². The van der Waals surface area contributed by atoms with Crippen molar-refractivity contribution in [3.8, 4) is 0 Å². The molecule has 0 unspecified atom stereocenters. The molecule has 3 aromatic rings. The lowest BCUT2D eigenvalue weighted by Crippen LogP contribution is -2.00. The SMILES string of the molecule is Cc1cc2c3c(c1)[nH]c1cc(N)cc(c13)CC2. The largest absolute Gasteiger partial charge is 0.399 e. The van der Waals surface area contributed by atoms with Crippen LogP contribution in [0, 0.1) is 6.92 Å². The summed E-state index contributed by atoms with van der Waals surface area (Å²) in [5, 5.41) is 2.79. The van der Waals surface area contributed by atoms with E-state index in [-0.39, 0.29) is 0 Å². The molecule has 1 aliphatic carbocycles. The molecular weight excluding hydrogens is 208 g/mol. The highest BCUT2D eigenvalue weighted by atomic mass is 14.7. The van der Waals surface area contributed by atoms with Gasteiger partial charge in [0.05, 0.1) is 0 Å². The predicted molar refractivity (Wildman–Crippen MR) is 72.4 cm³/mol. The topological polar surface area (TPSA) is 41.8 Å². The molecule has 1 heterocycles. The van der Waals surface area contributed by atoms with Gasteiger partial charge in [0.1, 0.15) is 0 Å². The first-order valence-electron chi connectivity index (χ1n) is 6.06. The van der Waals surface area contributed by atoms with Crippen molar-refractivity contribution in [3.05, 3.63) is 41.0 Å². The smallest absolute Gasteiger partial charge is 0.0488 e. The highest BCUT2D eigenvalue weighted by Crippen LogP contribution is 2.37. The molecule has 0 bridgehead atoms. The summed E-state index contributed by atoms with van der Waals surface area (Å²) in [4.78, 5) is 3.50. The quantitative estimate of drug-likeness (QED) is 0.563. The zero-order valence-electron chi connectivity index (χ0n) is 9.80. The third kappa shape index (κ3) is 1.10. The van der Waals surface area contributed by atoms with Gasteiger partial charge in [-0.1, -0.05) is 6.07 Å². The summed E-state index contributed by atoms with van der Waals surface area (Å²) in [6, 6.07) is 8.71. The summed E-state index contributed by atoms with van der Waals surface area (Å²) in [5.74, 6) is 0. The van der Waals surface area contributed by atoms with Crippen LogP contribution in [0.4, 0.5) is 5.69 Å². The molecule has 0 atom stereocenters. The van der Waals surface area contributed by atoms with E-state index in [2.05, 4.69) is 30.1 Å². The number of H-pyrrole nitrogens is 1. The summed E-state index contributed by atoms with van der Waals surface area (Å²) in [6.07, 6.45) is 2.23. The summed E-state index contributed by atoms with van der Waals surface area (Å²) < 4.78 is 0. The molecule has 1 aromatic heterocycles. The highest BCUT2D eigenvalue weighted by Gasteiger charge is 2.17. The first-order valence-corrected chi connectivity index (χ1v) is 6.06. The third-order valence-electron chi connectivity index (χ3n) is 3.79. The van der Waals surface area contributed by atoms with E-state index in [1.54, 1.807) is 0 Å². The van der Waals surface area contributed by atoms with Crippen molar-refractivity contribution in [3.63, 3.8) is 0 Å². The average molecular weight is 222 g/mol. The lowest BCUT2D eigenvalue weighted by molar-refractivity contribution is 0.968. The van der Waals surface area contributed by atoms with Gasteiger partial charge in [-0.3, -0.25) is 0 Å². The van der Waals surface area contributed by atoms with E-state index < -0.39 is 0 Å². The first-order chi connectivity index (χ1) is 8.22. The van der Waals surface area contributed by atoms with Gasteiger partial charge in [0.2, 0.25) is 0 Å². The number of aromatic amines is 1. The van der Waals surface area contributed by atoms with Crippen LogP contribution in [0.5, 0.6) is 0 Å². The normalized spacial score (nSPS) is 13.9. The van der Waals surface area contributed by atoms with Gasteiger partial charge in [-0.25, -0.2) is 0 Å². The minimum absolute atomic E-state index is 0.860. The second-order valence-electron chi connectivity index (χ2n) is 5.07. The van der Waals surface area contributed by atoms with E-state index >= 15 is 0 Å². The second-order valence-corrected chi connectivity index (χ2v) is 5.07. The number of rotatable bonds is 0. The molecule has 1 aliphatic rings. The molecule has 0 aliphatic heterocycles. The fourth-order valence-electron chi connectivity index (χ4n) is 3.18. The zero-order chi connectivity index (χ0) is 11.6. The van der Waals surface area contributed by atoms with E-state index in [1.165, 1.54) is 38.5 Å². The fraction of sp³-hybridized carbons (Fsp3) is 0.200. The number of aromatic nitrogens is 1. The molecule has 17 heavy (non-hydrogen) atoms. The molecule has 0 amide bonds. The van der Waals surface area contributed by atoms with Crippen LogP contribution in [0.25, 0.3) is 21.8 Å². The Morgan fingerprint density at radius 3 is 2.35 bits per heavy atom. The zero-order valence-corrected chi connectivity index (χ0v) is 9.80. The van der Waals surface area contributed by atoms with Gasteiger partial charge < -0.3 is 10.7 Å². The Kier molecular flexibility index (Phi) is 1.52. The minimum Gasteiger partial charge on any atom is -0.399 e. The Hall–Kier alpha value is -1.96. The molecule has 2 nitrogen and oxygen atoms in total. The standard InChI is InChI=1S/C15H14N2/c1-8-4-9-2-3-10-6-11(16)7-13-15(10)14(9)12(5-8)17-13/h4-7,17H,2-3,16H2,1H3. The Morgan fingerprint density at radius 1 is 0.941 bits per heavy atom. The highest BCUT2D eigenvalue weighted by molar-refractivity contribution is 6.12. The van der Waals surface area contributed by atoms with E-state index in [9.17, 15) is 0 Å². The number of nitrogens with two attached hydrogens (primary N) is 1. The van der Waals surface area contributed by atoms with Crippen LogP contribution >= 0.6 is 0 Å². The van der Waals surface area contributed by atoms with Gasteiger partial charge in [-0.15, -0.1) is 0 Å². The number of nitrogens with one attached hydrogen (secondary N) is 1. The summed E-state index contributed by atoms with van der Waals surface area (Å²) in [5.41, 5.74) is 13.4. The number of hydrogen-bond donors (Lipinski definition) is 2. The van der Waals surface area contributed by atoms with Crippen LogP contribution in [0.1, 0.15) is 16.7 Å². The molecule has 0 saturated heterocycles. The van der Waals surface area contributed by atoms with Gasteiger partial charge in [-0.2, -0.15) is 0 Å². The average Bonchev–Trinajstić information content (AvgIpc) is 2.62. The molecule has 2 aromatic carbocycles. The molecule has 0 fully saturated rings. The maximum atomic E-state index is 5.95. The van der Waals surface area contributed by atoms with Crippen LogP contribution in [0.15, 0.2) is 24.3 Å². The Bertz CT molecular complexity index is 701. The maximum absolute atomic E-state index is 5.95. The number of anilines is 1. The summed E-state index contributed by atoms with van der Waals surface area (Å²) >= 11 is 0. The number of nitrogen functional groups attached to an aromatic ring is 1. The molecule has 0 spiro atoms. The van der Waals surface area contributed by atoms with Crippen molar-refractivity contribution in [2.45, 2.75) is 19.8 Å². The van der Waals surface area contributed by atoms with Crippen LogP contribution < -0.4 is 5.73 Å². The number of aryl methyl sites for hydroxylation is 3. The van der Waals surface area contributed by atoms with Gasteiger partial charge in [0.15, 0.2) is 0 Å². The monoisotopic (exact) mass is 222 g/mol. The third-order valence-corrected chi connectivity index (χ3v) is 3.79. The Labute approximate surface area is 99.4 Å². The molecule has 0 saturated carbocycles. The summed E-state index contributed by atoms with van der Waals surface area (Å²) in [6.45, 7) is 2.16. The fourth-order valence-corrected chi connectivity index (χ4v) is 3.18. The van der Waals surface area contributed by atoms with E-state index in [1.807, 2.05) is 6.07 Å². The summed E-state index contributed by atoms with van der Waals surface area (Å²) in [7, 11) is 0. The lowest BCUT2D eigenvalue weighted by atomic mass is 9.90. The molecular formula is C15H14N2. The van der Waals surface area contributed by atoms with Crippen molar-refractivity contribution >= 4 is 27.5 Å². The lowest BCUT2D eigenvalue weighted by Gasteiger charge is -2.14. The predicted octanol–water partition coefficient (Wildman–Crippen LogP) is 3.31. The maximum Gasteiger partial charge on any atom is 0.0488 e. The van der Waals surface area contributed by atoms with Crippen LogP contribution in [0.2, 0.25) is 0 Å². The first kappa shape index (κ1) is 9.11.